The number of nitrogens with zero attached hydrogens (tertiary/aromatic N) is 1. The van der Waals surface area contributed by atoms with Gasteiger partial charge in [-0.3, -0.25) is 9.59 Å². The van der Waals surface area contributed by atoms with Gasteiger partial charge in [0.15, 0.2) is 11.8 Å². The fourth-order valence-corrected chi connectivity index (χ4v) is 4.25. The number of carbonyl (C=O) groups is 3. The first kappa shape index (κ1) is 16.5. The summed E-state index contributed by atoms with van der Waals surface area (Å²) >= 11 is 0. The van der Waals surface area contributed by atoms with E-state index in [1.165, 1.54) is 18.3 Å². The number of furan rings is 1. The van der Waals surface area contributed by atoms with Crippen molar-refractivity contribution >= 4 is 23.5 Å². The summed E-state index contributed by atoms with van der Waals surface area (Å²) in [6.07, 6.45) is 1.52. The zero-order valence-corrected chi connectivity index (χ0v) is 14.4. The van der Waals surface area contributed by atoms with Crippen LogP contribution in [0.15, 0.2) is 53.1 Å². The van der Waals surface area contributed by atoms with Gasteiger partial charge in [0.2, 0.25) is 17.4 Å². The molecule has 2 aliphatic heterocycles. The lowest BCUT2D eigenvalue weighted by atomic mass is 9.81. The third kappa shape index (κ3) is 2.13. The van der Waals surface area contributed by atoms with E-state index in [0.717, 1.165) is 0 Å². The number of esters is 1. The molecule has 4 atom stereocenters. The summed E-state index contributed by atoms with van der Waals surface area (Å²) < 4.78 is 10.4. The molecule has 0 spiro atoms. The molecule has 1 aromatic heterocycles. The zero-order chi connectivity index (χ0) is 18.5. The molecule has 26 heavy (non-hydrogen) atoms. The Bertz CT molecular complexity index is 863. The van der Waals surface area contributed by atoms with Crippen LogP contribution in [0.4, 0.5) is 5.69 Å². The fraction of sp³-hybridized carbons (Fsp3) is 0.316. The summed E-state index contributed by atoms with van der Waals surface area (Å²) in [4.78, 5) is 40.1. The van der Waals surface area contributed by atoms with Gasteiger partial charge < -0.3 is 14.5 Å². The number of methoxy groups -OCH3 is 1. The maximum atomic E-state index is 13.2. The Morgan fingerprint density at radius 3 is 2.50 bits per heavy atom. The minimum Gasteiger partial charge on any atom is -0.464 e. The largest absolute Gasteiger partial charge is 0.464 e. The van der Waals surface area contributed by atoms with E-state index in [-0.39, 0.29) is 11.8 Å². The molecule has 0 aliphatic carbocycles. The number of carbonyl (C=O) groups excluding carboxylic acids is 3. The smallest absolute Gasteiger partial charge is 0.368 e. The predicted octanol–water partition coefficient (Wildman–Crippen LogP) is 0.635. The Morgan fingerprint density at radius 1 is 1.15 bits per heavy atom. The van der Waals surface area contributed by atoms with Crippen molar-refractivity contribution in [2.75, 3.05) is 12.0 Å². The average Bonchev–Trinajstić information content (AvgIpc) is 3.33. The molecule has 0 bridgehead atoms. The van der Waals surface area contributed by atoms with E-state index in [2.05, 4.69) is 0 Å². The highest BCUT2D eigenvalue weighted by Gasteiger charge is 2.71. The lowest BCUT2D eigenvalue weighted by Crippen LogP contribution is -2.97. The molecule has 7 nitrogen and oxygen atoms in total. The molecule has 0 saturated carbocycles. The van der Waals surface area contributed by atoms with Crippen LogP contribution in [0, 0.1) is 11.8 Å². The van der Waals surface area contributed by atoms with Gasteiger partial charge in [-0.2, -0.15) is 0 Å². The molecule has 2 N–H and O–H groups in total. The molecule has 2 aliphatic rings. The number of fused-ring (bicyclic) bond motifs is 1. The normalized spacial score (nSPS) is 30.5. The van der Waals surface area contributed by atoms with E-state index in [9.17, 15) is 14.4 Å². The fourth-order valence-electron chi connectivity index (χ4n) is 4.25. The number of para-hydroxylation sites is 1. The Morgan fingerprint density at radius 2 is 1.88 bits per heavy atom. The number of benzene rings is 1. The van der Waals surface area contributed by atoms with E-state index >= 15 is 0 Å². The van der Waals surface area contributed by atoms with E-state index in [0.29, 0.717) is 11.4 Å². The van der Waals surface area contributed by atoms with Crippen LogP contribution < -0.4 is 10.2 Å². The molecule has 0 radical (unpaired) electrons. The van der Waals surface area contributed by atoms with Crippen molar-refractivity contribution in [3.8, 4) is 0 Å². The van der Waals surface area contributed by atoms with Crippen LogP contribution in [-0.2, 0) is 19.1 Å². The minimum absolute atomic E-state index is 0.323. The van der Waals surface area contributed by atoms with Gasteiger partial charge in [-0.05, 0) is 24.3 Å². The summed E-state index contributed by atoms with van der Waals surface area (Å²) in [5, 5.41) is 1.73. The molecule has 3 heterocycles. The summed E-state index contributed by atoms with van der Waals surface area (Å²) in [5.74, 6) is -2.20. The second-order valence-electron chi connectivity index (χ2n) is 6.83. The number of ether oxygens (including phenoxy) is 1. The van der Waals surface area contributed by atoms with Crippen molar-refractivity contribution in [1.82, 2.24) is 0 Å². The summed E-state index contributed by atoms with van der Waals surface area (Å²) in [6, 6.07) is 11.8. The molecule has 7 heteroatoms. The number of imide groups is 1. The number of hydrogen-bond donors (Lipinski definition) is 1. The number of hydrogen-bond acceptors (Lipinski definition) is 5. The molecule has 0 unspecified atom stereocenters. The second-order valence-corrected chi connectivity index (χ2v) is 6.83. The Labute approximate surface area is 149 Å². The average molecular weight is 355 g/mol. The molecular formula is C19H19N2O5+. The van der Waals surface area contributed by atoms with Gasteiger partial charge in [0.05, 0.1) is 19.1 Å². The van der Waals surface area contributed by atoms with Crippen molar-refractivity contribution in [2.45, 2.75) is 18.5 Å². The summed E-state index contributed by atoms with van der Waals surface area (Å²) in [6.45, 7) is 1.65. The minimum atomic E-state index is -1.20. The molecule has 134 valence electrons. The van der Waals surface area contributed by atoms with Crippen molar-refractivity contribution in [2.24, 2.45) is 11.8 Å². The van der Waals surface area contributed by atoms with Crippen LogP contribution in [0.1, 0.15) is 18.7 Å². The molecule has 2 aromatic rings. The Balaban J connectivity index is 1.83. The van der Waals surface area contributed by atoms with Crippen molar-refractivity contribution < 1.29 is 28.9 Å². The van der Waals surface area contributed by atoms with Crippen molar-refractivity contribution in [3.63, 3.8) is 0 Å². The quantitative estimate of drug-likeness (QED) is 0.644. The van der Waals surface area contributed by atoms with E-state index in [4.69, 9.17) is 9.15 Å². The van der Waals surface area contributed by atoms with Crippen LogP contribution in [0.25, 0.3) is 0 Å². The molecule has 2 fully saturated rings. The topological polar surface area (TPSA) is 93.4 Å². The third-order valence-electron chi connectivity index (χ3n) is 5.42. The standard InChI is InChI=1S/C19H18N2O5/c1-19(18(24)25-2)14-13(15(20-19)12-9-6-10-26-12)16(22)21(17(14)23)11-7-4-3-5-8-11/h3-10,13-15,20H,1-2H3/p+1/t13-,14-,15-,19-/m0/s1. The van der Waals surface area contributed by atoms with Crippen LogP contribution in [0.2, 0.25) is 0 Å². The SMILES string of the molecule is COC(=O)[C@@]1(C)[NH2+][C@@H](c2ccco2)[C@H]2C(=O)N(c3ccccc3)C(=O)[C@H]21. The number of nitrogens with two attached hydrogens (primary N) is 1. The maximum absolute atomic E-state index is 13.2. The first-order chi connectivity index (χ1) is 12.5. The van der Waals surface area contributed by atoms with Gasteiger partial charge in [0.25, 0.3) is 0 Å². The van der Waals surface area contributed by atoms with Gasteiger partial charge in [0.1, 0.15) is 11.8 Å². The van der Waals surface area contributed by atoms with Gasteiger partial charge in [-0.25, -0.2) is 9.69 Å². The zero-order valence-electron chi connectivity index (χ0n) is 14.4. The summed E-state index contributed by atoms with van der Waals surface area (Å²) in [7, 11) is 1.28. The first-order valence-electron chi connectivity index (χ1n) is 8.39. The van der Waals surface area contributed by atoms with Crippen molar-refractivity contribution in [3.05, 3.63) is 54.5 Å². The Hall–Kier alpha value is -2.93. The van der Waals surface area contributed by atoms with E-state index in [1.54, 1.807) is 48.6 Å². The molecule has 2 amide bonds. The monoisotopic (exact) mass is 355 g/mol. The van der Waals surface area contributed by atoms with Crippen LogP contribution >= 0.6 is 0 Å². The van der Waals surface area contributed by atoms with Gasteiger partial charge in [0, 0.05) is 6.92 Å². The van der Waals surface area contributed by atoms with Crippen LogP contribution in [0.5, 0.6) is 0 Å². The number of quaternary nitrogens is 1. The second kappa shape index (κ2) is 5.81. The van der Waals surface area contributed by atoms with Gasteiger partial charge >= 0.3 is 5.97 Å². The molecular weight excluding hydrogens is 336 g/mol. The van der Waals surface area contributed by atoms with Crippen LogP contribution in [0.3, 0.4) is 0 Å². The lowest BCUT2D eigenvalue weighted by molar-refractivity contribution is -0.732. The first-order valence-corrected chi connectivity index (χ1v) is 8.39. The van der Waals surface area contributed by atoms with E-state index < -0.39 is 29.4 Å². The predicted molar refractivity (Wildman–Crippen MR) is 89.7 cm³/mol. The van der Waals surface area contributed by atoms with Crippen LogP contribution in [-0.4, -0.2) is 30.4 Å². The highest BCUT2D eigenvalue weighted by atomic mass is 16.5. The molecule has 4 rings (SSSR count). The Kier molecular flexibility index (Phi) is 3.69. The molecule has 1 aromatic carbocycles. The highest BCUT2D eigenvalue weighted by Crippen LogP contribution is 2.45. The number of amides is 2. The van der Waals surface area contributed by atoms with E-state index in [1.807, 2.05) is 6.07 Å². The van der Waals surface area contributed by atoms with Gasteiger partial charge in [-0.1, -0.05) is 18.2 Å². The summed E-state index contributed by atoms with van der Waals surface area (Å²) in [5.41, 5.74) is -0.699. The third-order valence-corrected chi connectivity index (χ3v) is 5.42. The number of rotatable bonds is 3. The lowest BCUT2D eigenvalue weighted by Gasteiger charge is -2.25. The van der Waals surface area contributed by atoms with Crippen molar-refractivity contribution in [1.29, 1.82) is 0 Å². The maximum Gasteiger partial charge on any atom is 0.368 e. The highest BCUT2D eigenvalue weighted by molar-refractivity contribution is 6.23. The number of anilines is 1. The van der Waals surface area contributed by atoms with Gasteiger partial charge in [-0.15, -0.1) is 0 Å². The molecule has 2 saturated heterocycles.